The molecule has 0 aliphatic carbocycles. The van der Waals surface area contributed by atoms with E-state index in [2.05, 4.69) is 15.2 Å². The topological polar surface area (TPSA) is 106 Å². The molecule has 0 radical (unpaired) electrons. The van der Waals surface area contributed by atoms with E-state index in [0.717, 1.165) is 11.1 Å². The minimum atomic E-state index is -0.483. The summed E-state index contributed by atoms with van der Waals surface area (Å²) in [5.41, 5.74) is 7.93. The van der Waals surface area contributed by atoms with Gasteiger partial charge in [0.1, 0.15) is 11.6 Å². The third-order valence-corrected chi connectivity index (χ3v) is 3.77. The van der Waals surface area contributed by atoms with Gasteiger partial charge in [-0.1, -0.05) is 6.07 Å². The summed E-state index contributed by atoms with van der Waals surface area (Å²) < 4.78 is 10.9. The van der Waals surface area contributed by atoms with Crippen molar-refractivity contribution < 1.29 is 14.6 Å². The molecule has 3 rings (SSSR count). The van der Waals surface area contributed by atoms with Crippen LogP contribution >= 0.6 is 0 Å². The molecule has 0 spiro atoms. The monoisotopic (exact) mass is 340 g/mol. The van der Waals surface area contributed by atoms with Crippen LogP contribution in [0, 0.1) is 0 Å². The predicted molar refractivity (Wildman–Crippen MR) is 93.7 cm³/mol. The zero-order valence-corrected chi connectivity index (χ0v) is 14.1. The molecule has 0 aliphatic heterocycles. The number of methoxy groups -OCH3 is 1. The Morgan fingerprint density at radius 1 is 1.16 bits per heavy atom. The standard InChI is InChI=1S/C18H20N4O3/c1-3-25-14-9-6-12(10-15(14)24-2)16(19)18-20-17(21-22-18)11-4-7-13(23)8-5-11/h4-10,16,23H,3,19H2,1-2H3,(H,20,21,22)/t16-/m1/s1. The van der Waals surface area contributed by atoms with Gasteiger partial charge in [-0.3, -0.25) is 5.10 Å². The highest BCUT2D eigenvalue weighted by atomic mass is 16.5. The zero-order chi connectivity index (χ0) is 17.8. The zero-order valence-electron chi connectivity index (χ0n) is 14.1. The van der Waals surface area contributed by atoms with Crippen LogP contribution < -0.4 is 15.2 Å². The lowest BCUT2D eigenvalue weighted by Gasteiger charge is -2.13. The Labute approximate surface area is 145 Å². The molecular weight excluding hydrogens is 320 g/mol. The van der Waals surface area contributed by atoms with Crippen molar-refractivity contribution in [1.82, 2.24) is 15.2 Å². The highest BCUT2D eigenvalue weighted by Gasteiger charge is 2.17. The van der Waals surface area contributed by atoms with Crippen molar-refractivity contribution in [1.29, 1.82) is 0 Å². The van der Waals surface area contributed by atoms with E-state index in [1.807, 2.05) is 25.1 Å². The average molecular weight is 340 g/mol. The van der Waals surface area contributed by atoms with Crippen molar-refractivity contribution in [2.24, 2.45) is 5.73 Å². The normalized spacial score (nSPS) is 12.0. The highest BCUT2D eigenvalue weighted by Crippen LogP contribution is 2.31. The summed E-state index contributed by atoms with van der Waals surface area (Å²) in [6, 6.07) is 11.7. The summed E-state index contributed by atoms with van der Waals surface area (Å²) in [5.74, 6) is 2.53. The van der Waals surface area contributed by atoms with Crippen LogP contribution in [0.15, 0.2) is 42.5 Å². The van der Waals surface area contributed by atoms with E-state index in [4.69, 9.17) is 15.2 Å². The largest absolute Gasteiger partial charge is 0.508 e. The second kappa shape index (κ2) is 7.23. The lowest BCUT2D eigenvalue weighted by Crippen LogP contribution is -2.14. The van der Waals surface area contributed by atoms with Crippen LogP contribution in [0.5, 0.6) is 17.2 Å². The number of hydrogen-bond acceptors (Lipinski definition) is 6. The van der Waals surface area contributed by atoms with E-state index in [0.29, 0.717) is 29.8 Å². The Bertz CT molecular complexity index is 846. The summed E-state index contributed by atoms with van der Waals surface area (Å²) in [4.78, 5) is 4.46. The van der Waals surface area contributed by atoms with E-state index in [-0.39, 0.29) is 5.75 Å². The van der Waals surface area contributed by atoms with E-state index in [9.17, 15) is 5.11 Å². The van der Waals surface area contributed by atoms with Gasteiger partial charge >= 0.3 is 0 Å². The molecule has 130 valence electrons. The number of aromatic amines is 1. The van der Waals surface area contributed by atoms with E-state index < -0.39 is 6.04 Å². The third kappa shape index (κ3) is 3.56. The number of nitrogens with zero attached hydrogens (tertiary/aromatic N) is 2. The van der Waals surface area contributed by atoms with Gasteiger partial charge in [-0.15, -0.1) is 0 Å². The molecule has 0 bridgehead atoms. The van der Waals surface area contributed by atoms with Gasteiger partial charge < -0.3 is 20.3 Å². The van der Waals surface area contributed by atoms with Crippen LogP contribution in [0.2, 0.25) is 0 Å². The molecule has 25 heavy (non-hydrogen) atoms. The Kier molecular flexibility index (Phi) is 4.85. The number of aromatic hydroxyl groups is 1. The van der Waals surface area contributed by atoms with E-state index in [1.54, 1.807) is 31.4 Å². The molecule has 7 nitrogen and oxygen atoms in total. The first-order valence-corrected chi connectivity index (χ1v) is 7.90. The Hall–Kier alpha value is -3.06. The molecular formula is C18H20N4O3. The van der Waals surface area contributed by atoms with Crippen LogP contribution in [0.3, 0.4) is 0 Å². The summed E-state index contributed by atoms with van der Waals surface area (Å²) in [7, 11) is 1.59. The number of ether oxygens (including phenoxy) is 2. The minimum absolute atomic E-state index is 0.192. The highest BCUT2D eigenvalue weighted by molar-refractivity contribution is 5.56. The maximum atomic E-state index is 9.36. The van der Waals surface area contributed by atoms with Crippen LogP contribution in [0.25, 0.3) is 11.4 Å². The predicted octanol–water partition coefficient (Wildman–Crippen LogP) is 2.63. The molecule has 1 atom stereocenters. The number of phenolic OH excluding ortho intramolecular Hbond substituents is 1. The molecule has 2 aromatic carbocycles. The lowest BCUT2D eigenvalue weighted by molar-refractivity contribution is 0.310. The van der Waals surface area contributed by atoms with Crippen LogP contribution in [-0.2, 0) is 0 Å². The molecule has 1 aromatic heterocycles. The number of hydrogen-bond donors (Lipinski definition) is 3. The summed E-state index contributed by atoms with van der Waals surface area (Å²) >= 11 is 0. The van der Waals surface area contributed by atoms with E-state index in [1.165, 1.54) is 0 Å². The number of H-pyrrole nitrogens is 1. The quantitative estimate of drug-likeness (QED) is 0.637. The van der Waals surface area contributed by atoms with E-state index >= 15 is 0 Å². The Morgan fingerprint density at radius 3 is 2.60 bits per heavy atom. The van der Waals surface area contributed by atoms with Gasteiger partial charge in [-0.05, 0) is 48.9 Å². The Morgan fingerprint density at radius 2 is 1.92 bits per heavy atom. The van der Waals surface area contributed by atoms with Crippen molar-refractivity contribution in [3.8, 4) is 28.6 Å². The fourth-order valence-corrected chi connectivity index (χ4v) is 2.46. The first-order chi connectivity index (χ1) is 12.1. The molecule has 0 amide bonds. The smallest absolute Gasteiger partial charge is 0.181 e. The molecule has 0 saturated heterocycles. The second-order valence-electron chi connectivity index (χ2n) is 5.41. The lowest BCUT2D eigenvalue weighted by atomic mass is 10.1. The van der Waals surface area contributed by atoms with Crippen molar-refractivity contribution >= 4 is 0 Å². The van der Waals surface area contributed by atoms with Gasteiger partial charge in [0.25, 0.3) is 0 Å². The van der Waals surface area contributed by atoms with Gasteiger partial charge in [0.2, 0.25) is 0 Å². The summed E-state index contributed by atoms with van der Waals surface area (Å²) in [6.07, 6.45) is 0. The number of aromatic nitrogens is 3. The van der Waals surface area contributed by atoms with Crippen LogP contribution in [-0.4, -0.2) is 34.0 Å². The second-order valence-corrected chi connectivity index (χ2v) is 5.41. The summed E-state index contributed by atoms with van der Waals surface area (Å²) in [6.45, 7) is 2.47. The van der Waals surface area contributed by atoms with Gasteiger partial charge in [0, 0.05) is 5.56 Å². The minimum Gasteiger partial charge on any atom is -0.508 e. The maximum absolute atomic E-state index is 9.36. The molecule has 4 N–H and O–H groups in total. The average Bonchev–Trinajstić information content (AvgIpc) is 3.12. The molecule has 0 unspecified atom stereocenters. The number of nitrogens with one attached hydrogen (secondary N) is 1. The summed E-state index contributed by atoms with van der Waals surface area (Å²) in [5, 5.41) is 16.4. The molecule has 1 heterocycles. The van der Waals surface area contributed by atoms with Gasteiger partial charge in [0.05, 0.1) is 19.8 Å². The van der Waals surface area contributed by atoms with Gasteiger partial charge in [-0.25, -0.2) is 4.98 Å². The number of nitrogens with two attached hydrogens (primary N) is 1. The number of rotatable bonds is 6. The van der Waals surface area contributed by atoms with Crippen LogP contribution in [0.1, 0.15) is 24.4 Å². The Balaban J connectivity index is 1.86. The molecule has 7 heteroatoms. The molecule has 3 aromatic rings. The third-order valence-electron chi connectivity index (χ3n) is 3.77. The van der Waals surface area contributed by atoms with Crippen molar-refractivity contribution in [3.63, 3.8) is 0 Å². The van der Waals surface area contributed by atoms with Gasteiger partial charge in [0.15, 0.2) is 17.3 Å². The fraction of sp³-hybridized carbons (Fsp3) is 0.222. The molecule has 0 saturated carbocycles. The fourth-order valence-electron chi connectivity index (χ4n) is 2.46. The number of benzene rings is 2. The van der Waals surface area contributed by atoms with Crippen LogP contribution in [0.4, 0.5) is 0 Å². The number of phenols is 1. The SMILES string of the molecule is CCOc1ccc([C@@H](N)c2nc(-c3ccc(O)cc3)n[nH]2)cc1OC. The van der Waals surface area contributed by atoms with Crippen molar-refractivity contribution in [3.05, 3.63) is 53.9 Å². The first kappa shape index (κ1) is 16.8. The van der Waals surface area contributed by atoms with Gasteiger partial charge in [-0.2, -0.15) is 5.10 Å². The first-order valence-electron chi connectivity index (χ1n) is 7.90. The maximum Gasteiger partial charge on any atom is 0.181 e. The van der Waals surface area contributed by atoms with Crippen molar-refractivity contribution in [2.45, 2.75) is 13.0 Å². The molecule has 0 fully saturated rings. The molecule has 0 aliphatic rings. The van der Waals surface area contributed by atoms with Crippen molar-refractivity contribution in [2.75, 3.05) is 13.7 Å².